The maximum Gasteiger partial charge on any atom is 0.277 e. The van der Waals surface area contributed by atoms with Crippen molar-refractivity contribution in [2.75, 3.05) is 7.11 Å². The average Bonchev–Trinajstić information content (AvgIpc) is 3.28. The van der Waals surface area contributed by atoms with E-state index in [1.165, 1.54) is 17.1 Å². The van der Waals surface area contributed by atoms with Crippen LogP contribution < -0.4 is 4.74 Å². The van der Waals surface area contributed by atoms with Crippen molar-refractivity contribution >= 4 is 34.1 Å². The maximum atomic E-state index is 14.5. The first-order valence-electron chi connectivity index (χ1n) is 10.8. The largest absolute Gasteiger partial charge is 0.497 e. The second kappa shape index (κ2) is 8.88. The lowest BCUT2D eigenvalue weighted by Gasteiger charge is -2.23. The van der Waals surface area contributed by atoms with Gasteiger partial charge in [0.1, 0.15) is 16.7 Å². The summed E-state index contributed by atoms with van der Waals surface area (Å²) < 4.78 is 19.9. The molecule has 0 fully saturated rings. The van der Waals surface area contributed by atoms with Gasteiger partial charge in [0.05, 0.1) is 29.9 Å². The molecule has 0 saturated carbocycles. The highest BCUT2D eigenvalue weighted by atomic mass is 35.5. The van der Waals surface area contributed by atoms with E-state index < -0.39 is 17.8 Å². The van der Waals surface area contributed by atoms with Crippen LogP contribution >= 0.6 is 11.6 Å². The number of carbonyl (C=O) groups is 1. The van der Waals surface area contributed by atoms with Crippen LogP contribution in [0.2, 0.25) is 5.15 Å². The molecule has 0 bridgehead atoms. The third-order valence-corrected chi connectivity index (χ3v) is 6.34. The Bertz CT molecular complexity index is 1450. The predicted octanol–water partition coefficient (Wildman–Crippen LogP) is 6.34. The van der Waals surface area contributed by atoms with Gasteiger partial charge in [-0.3, -0.25) is 4.79 Å². The van der Waals surface area contributed by atoms with Gasteiger partial charge in [-0.05, 0) is 48.9 Å². The summed E-state index contributed by atoms with van der Waals surface area (Å²) in [6, 6.07) is 20.6. The molecule has 3 aromatic carbocycles. The number of methoxy groups -OCH3 is 1. The number of aryl methyl sites for hydroxylation is 1. The van der Waals surface area contributed by atoms with Crippen LogP contribution in [-0.4, -0.2) is 28.7 Å². The first-order valence-corrected chi connectivity index (χ1v) is 11.2. The highest BCUT2D eigenvalue weighted by Gasteiger charge is 2.36. The molecule has 1 atom stereocenters. The number of pyridine rings is 1. The van der Waals surface area contributed by atoms with Crippen molar-refractivity contribution in [3.8, 4) is 5.75 Å². The van der Waals surface area contributed by atoms with E-state index in [1.807, 2.05) is 55.5 Å². The van der Waals surface area contributed by atoms with Gasteiger partial charge in [0.2, 0.25) is 0 Å². The topological polar surface area (TPSA) is 54.8 Å². The average molecular weight is 474 g/mol. The number of carbonyl (C=O) groups excluding carboxylic acids is 1. The van der Waals surface area contributed by atoms with Gasteiger partial charge in [-0.2, -0.15) is 5.10 Å². The SMILES string of the molecule is COc1ccc2nc(Cl)c([C@H]3CC(c4ccccc4C)=NN3C(=O)c3ccccc3F)cc2c1. The number of hydrogen-bond donors (Lipinski definition) is 0. The summed E-state index contributed by atoms with van der Waals surface area (Å²) in [5, 5.41) is 7.09. The minimum absolute atomic E-state index is 0.0474. The highest BCUT2D eigenvalue weighted by Crippen LogP contribution is 2.39. The Hall–Kier alpha value is -3.77. The predicted molar refractivity (Wildman–Crippen MR) is 131 cm³/mol. The summed E-state index contributed by atoms with van der Waals surface area (Å²) in [6.45, 7) is 1.99. The number of hydrogen-bond acceptors (Lipinski definition) is 4. The summed E-state index contributed by atoms with van der Waals surface area (Å²) in [7, 11) is 1.60. The van der Waals surface area contributed by atoms with Gasteiger partial charge in [0.25, 0.3) is 5.91 Å². The molecule has 1 aromatic heterocycles. The van der Waals surface area contributed by atoms with E-state index in [9.17, 15) is 9.18 Å². The van der Waals surface area contributed by atoms with E-state index in [0.717, 1.165) is 22.2 Å². The fourth-order valence-electron chi connectivity index (χ4n) is 4.27. The molecule has 1 aliphatic rings. The molecule has 0 spiro atoms. The van der Waals surface area contributed by atoms with E-state index in [-0.39, 0.29) is 10.7 Å². The zero-order valence-corrected chi connectivity index (χ0v) is 19.4. The van der Waals surface area contributed by atoms with Gasteiger partial charge in [-0.1, -0.05) is 48.0 Å². The van der Waals surface area contributed by atoms with Crippen molar-refractivity contribution in [3.63, 3.8) is 0 Å². The lowest BCUT2D eigenvalue weighted by atomic mass is 9.96. The normalized spacial score (nSPS) is 15.5. The molecular formula is C27H21ClFN3O2. The van der Waals surface area contributed by atoms with Crippen LogP contribution in [0, 0.1) is 12.7 Å². The molecular weight excluding hydrogens is 453 g/mol. The number of ether oxygens (including phenoxy) is 1. The van der Waals surface area contributed by atoms with Gasteiger partial charge < -0.3 is 4.74 Å². The Labute approximate surface area is 201 Å². The second-order valence-corrected chi connectivity index (χ2v) is 8.50. The molecule has 0 radical (unpaired) electrons. The Morgan fingerprint density at radius 3 is 2.62 bits per heavy atom. The number of nitrogens with zero attached hydrogens (tertiary/aromatic N) is 3. The number of benzene rings is 3. The second-order valence-electron chi connectivity index (χ2n) is 8.14. The molecule has 170 valence electrons. The van der Waals surface area contributed by atoms with E-state index in [2.05, 4.69) is 10.1 Å². The molecule has 0 aliphatic carbocycles. The van der Waals surface area contributed by atoms with Crippen LogP contribution in [-0.2, 0) is 0 Å². The van der Waals surface area contributed by atoms with Crippen LogP contribution in [0.3, 0.4) is 0 Å². The first kappa shape index (κ1) is 22.0. The molecule has 7 heteroatoms. The van der Waals surface area contributed by atoms with Crippen molar-refractivity contribution in [1.82, 2.24) is 9.99 Å². The van der Waals surface area contributed by atoms with E-state index in [1.54, 1.807) is 19.2 Å². The maximum absolute atomic E-state index is 14.5. The lowest BCUT2D eigenvalue weighted by molar-refractivity contribution is 0.0706. The van der Waals surface area contributed by atoms with Crippen LogP contribution in [0.15, 0.2) is 77.9 Å². The van der Waals surface area contributed by atoms with Crippen molar-refractivity contribution in [3.05, 3.63) is 106 Å². The van der Waals surface area contributed by atoms with Gasteiger partial charge in [-0.15, -0.1) is 0 Å². The molecule has 5 rings (SSSR count). The highest BCUT2D eigenvalue weighted by molar-refractivity contribution is 6.30. The van der Waals surface area contributed by atoms with Crippen molar-refractivity contribution < 1.29 is 13.9 Å². The fraction of sp³-hybridized carbons (Fsp3) is 0.148. The minimum Gasteiger partial charge on any atom is -0.497 e. The van der Waals surface area contributed by atoms with Crippen LogP contribution in [0.5, 0.6) is 5.75 Å². The fourth-order valence-corrected chi connectivity index (χ4v) is 4.54. The summed E-state index contributed by atoms with van der Waals surface area (Å²) in [5.41, 5.74) is 4.00. The number of fused-ring (bicyclic) bond motifs is 1. The molecule has 2 heterocycles. The molecule has 5 nitrogen and oxygen atoms in total. The lowest BCUT2D eigenvalue weighted by Crippen LogP contribution is -2.28. The monoisotopic (exact) mass is 473 g/mol. The molecule has 0 unspecified atom stereocenters. The summed E-state index contributed by atoms with van der Waals surface area (Å²) >= 11 is 6.62. The van der Waals surface area contributed by atoms with Crippen LogP contribution in [0.4, 0.5) is 4.39 Å². The quantitative estimate of drug-likeness (QED) is 0.325. The van der Waals surface area contributed by atoms with E-state index in [4.69, 9.17) is 16.3 Å². The van der Waals surface area contributed by atoms with Gasteiger partial charge >= 0.3 is 0 Å². The standard InChI is InChI=1S/C27H21ClFN3O2/c1-16-7-3-4-8-19(16)24-15-25(32(31-24)27(33)20-9-5-6-10-22(20)29)21-14-17-13-18(34-2)11-12-23(17)30-26(21)28/h3-14,25H,15H2,1-2H3/t25-/m1/s1. The smallest absolute Gasteiger partial charge is 0.277 e. The van der Waals surface area contributed by atoms with Crippen molar-refractivity contribution in [2.24, 2.45) is 5.10 Å². The van der Waals surface area contributed by atoms with E-state index in [0.29, 0.717) is 23.3 Å². The van der Waals surface area contributed by atoms with Gasteiger partial charge in [0, 0.05) is 22.9 Å². The van der Waals surface area contributed by atoms with Crippen LogP contribution in [0.25, 0.3) is 10.9 Å². The zero-order chi connectivity index (χ0) is 23.8. The molecule has 4 aromatic rings. The summed E-state index contributed by atoms with van der Waals surface area (Å²) in [5.74, 6) is -0.447. The van der Waals surface area contributed by atoms with Gasteiger partial charge in [-0.25, -0.2) is 14.4 Å². The molecule has 1 aliphatic heterocycles. The molecule has 0 saturated heterocycles. The van der Waals surface area contributed by atoms with Crippen molar-refractivity contribution in [2.45, 2.75) is 19.4 Å². The minimum atomic E-state index is -0.599. The number of aromatic nitrogens is 1. The Morgan fingerprint density at radius 1 is 1.09 bits per heavy atom. The number of halogens is 2. The van der Waals surface area contributed by atoms with Crippen LogP contribution in [0.1, 0.15) is 39.5 Å². The third kappa shape index (κ3) is 3.90. The van der Waals surface area contributed by atoms with Crippen molar-refractivity contribution in [1.29, 1.82) is 0 Å². The Morgan fingerprint density at radius 2 is 1.85 bits per heavy atom. The first-order chi connectivity index (χ1) is 16.5. The number of amides is 1. The molecule has 0 N–H and O–H groups in total. The number of rotatable bonds is 4. The molecule has 1 amide bonds. The summed E-state index contributed by atoms with van der Waals surface area (Å²) in [4.78, 5) is 18.0. The molecule has 34 heavy (non-hydrogen) atoms. The van der Waals surface area contributed by atoms with Gasteiger partial charge in [0.15, 0.2) is 0 Å². The Kier molecular flexibility index (Phi) is 5.75. The number of hydrazone groups is 1. The zero-order valence-electron chi connectivity index (χ0n) is 18.6. The van der Waals surface area contributed by atoms with E-state index >= 15 is 0 Å². The summed E-state index contributed by atoms with van der Waals surface area (Å²) in [6.07, 6.45) is 0.419. The third-order valence-electron chi connectivity index (χ3n) is 6.04. The Balaban J connectivity index is 1.64.